The molecule has 1 atom stereocenters. The number of hydrogen-bond acceptors (Lipinski definition) is 4. The van der Waals surface area contributed by atoms with Crippen LogP contribution < -0.4 is 10.1 Å². The zero-order chi connectivity index (χ0) is 13.4. The van der Waals surface area contributed by atoms with Crippen LogP contribution in [0.15, 0.2) is 30.3 Å². The van der Waals surface area contributed by atoms with Crippen LogP contribution in [0.2, 0.25) is 0 Å². The number of carbonyl (C=O) groups excluding carboxylic acids is 2. The molecule has 1 aromatic carbocycles. The molecule has 0 aliphatic heterocycles. The first-order valence-corrected chi connectivity index (χ1v) is 5.76. The summed E-state index contributed by atoms with van der Waals surface area (Å²) >= 11 is 0. The first-order valence-electron chi connectivity index (χ1n) is 5.76. The molecule has 0 aliphatic rings. The summed E-state index contributed by atoms with van der Waals surface area (Å²) in [5.41, 5.74) is 0. The number of ether oxygens (including phenoxy) is 2. The van der Waals surface area contributed by atoms with E-state index in [2.05, 4.69) is 5.32 Å². The van der Waals surface area contributed by atoms with Gasteiger partial charge < -0.3 is 14.8 Å². The second kappa shape index (κ2) is 7.32. The highest BCUT2D eigenvalue weighted by molar-refractivity contribution is 5.81. The van der Waals surface area contributed by atoms with Crippen LogP contribution in [-0.4, -0.2) is 31.6 Å². The van der Waals surface area contributed by atoms with Crippen molar-refractivity contribution in [1.29, 1.82) is 0 Å². The average Bonchev–Trinajstić information content (AvgIpc) is 2.42. The van der Waals surface area contributed by atoms with Gasteiger partial charge >= 0.3 is 5.97 Å². The minimum Gasteiger partial charge on any atom is -0.479 e. The summed E-state index contributed by atoms with van der Waals surface area (Å²) in [4.78, 5) is 22.6. The van der Waals surface area contributed by atoms with Gasteiger partial charge in [-0.05, 0) is 18.6 Å². The number of esters is 1. The molecule has 5 nitrogen and oxygen atoms in total. The molecule has 0 fully saturated rings. The normalized spacial score (nSPS) is 11.4. The number of nitrogens with one attached hydrogen (secondary N) is 1. The zero-order valence-corrected chi connectivity index (χ0v) is 10.5. The number of rotatable bonds is 6. The predicted octanol–water partition coefficient (Wildman–Crippen LogP) is 1.13. The van der Waals surface area contributed by atoms with E-state index in [-0.39, 0.29) is 12.5 Å². The molecule has 5 heteroatoms. The van der Waals surface area contributed by atoms with E-state index in [1.807, 2.05) is 25.1 Å². The van der Waals surface area contributed by atoms with Crippen LogP contribution in [0.25, 0.3) is 0 Å². The van der Waals surface area contributed by atoms with E-state index in [9.17, 15) is 9.59 Å². The molecule has 0 saturated heterocycles. The molecule has 0 aromatic heterocycles. The first kappa shape index (κ1) is 14.0. The van der Waals surface area contributed by atoms with Crippen LogP contribution in [0.1, 0.15) is 13.3 Å². The molecular weight excluding hydrogens is 234 g/mol. The first-order chi connectivity index (χ1) is 8.67. The third kappa shape index (κ3) is 4.45. The highest BCUT2D eigenvalue weighted by Crippen LogP contribution is 2.13. The number of amides is 1. The summed E-state index contributed by atoms with van der Waals surface area (Å²) in [6.45, 7) is 1.53. The van der Waals surface area contributed by atoms with Gasteiger partial charge in [-0.25, -0.2) is 4.79 Å². The Labute approximate surface area is 106 Å². The second-order valence-corrected chi connectivity index (χ2v) is 3.61. The number of hydrogen-bond donors (Lipinski definition) is 1. The Hall–Kier alpha value is -2.04. The minimum absolute atomic E-state index is 0.288. The van der Waals surface area contributed by atoms with E-state index in [1.165, 1.54) is 7.05 Å². The summed E-state index contributed by atoms with van der Waals surface area (Å²) in [7, 11) is 1.48. The number of para-hydroxylation sites is 1. The van der Waals surface area contributed by atoms with E-state index in [0.717, 1.165) is 0 Å². The van der Waals surface area contributed by atoms with Gasteiger partial charge in [0.1, 0.15) is 5.75 Å². The third-order valence-corrected chi connectivity index (χ3v) is 2.28. The van der Waals surface area contributed by atoms with Crippen LogP contribution in [0.4, 0.5) is 0 Å². The Kier molecular flexibility index (Phi) is 5.70. The molecule has 0 saturated carbocycles. The Morgan fingerprint density at radius 3 is 2.50 bits per heavy atom. The Bertz CT molecular complexity index is 391. The largest absolute Gasteiger partial charge is 0.479 e. The van der Waals surface area contributed by atoms with Gasteiger partial charge in [-0.1, -0.05) is 25.1 Å². The molecule has 0 spiro atoms. The maximum atomic E-state index is 11.7. The molecular formula is C13H17NO4. The van der Waals surface area contributed by atoms with Crippen LogP contribution in [0.3, 0.4) is 0 Å². The number of carbonyl (C=O) groups is 2. The molecule has 1 aromatic rings. The topological polar surface area (TPSA) is 64.6 Å². The molecule has 0 heterocycles. The van der Waals surface area contributed by atoms with Crippen molar-refractivity contribution < 1.29 is 19.1 Å². The van der Waals surface area contributed by atoms with Crippen LogP contribution >= 0.6 is 0 Å². The summed E-state index contributed by atoms with van der Waals surface area (Å²) in [6, 6.07) is 9.01. The number of likely N-dealkylation sites (N-methyl/N-ethyl adjacent to an activating group) is 1. The fraction of sp³-hybridized carbons (Fsp3) is 0.385. The van der Waals surface area contributed by atoms with Crippen molar-refractivity contribution in [3.8, 4) is 5.75 Å². The van der Waals surface area contributed by atoms with Gasteiger partial charge in [0.05, 0.1) is 0 Å². The van der Waals surface area contributed by atoms with E-state index in [0.29, 0.717) is 12.2 Å². The summed E-state index contributed by atoms with van der Waals surface area (Å²) in [6.07, 6.45) is -0.223. The molecule has 1 N–H and O–H groups in total. The summed E-state index contributed by atoms with van der Waals surface area (Å²) in [5.74, 6) is -0.288. The molecule has 0 unspecified atom stereocenters. The predicted molar refractivity (Wildman–Crippen MR) is 66.2 cm³/mol. The van der Waals surface area contributed by atoms with Gasteiger partial charge in [0.25, 0.3) is 5.91 Å². The van der Waals surface area contributed by atoms with Crippen molar-refractivity contribution in [2.45, 2.75) is 19.4 Å². The lowest BCUT2D eigenvalue weighted by molar-refractivity contribution is -0.155. The van der Waals surface area contributed by atoms with Gasteiger partial charge in [-0.3, -0.25) is 4.79 Å². The van der Waals surface area contributed by atoms with Crippen molar-refractivity contribution in [2.24, 2.45) is 0 Å². The van der Waals surface area contributed by atoms with Crippen molar-refractivity contribution in [2.75, 3.05) is 13.7 Å². The lowest BCUT2D eigenvalue weighted by Crippen LogP contribution is -2.32. The maximum Gasteiger partial charge on any atom is 0.347 e. The minimum atomic E-state index is -0.697. The smallest absolute Gasteiger partial charge is 0.347 e. The SMILES string of the molecule is CC[C@@H](Oc1ccccc1)C(=O)OCC(=O)NC. The molecule has 18 heavy (non-hydrogen) atoms. The molecule has 0 bridgehead atoms. The van der Waals surface area contributed by atoms with E-state index < -0.39 is 12.1 Å². The third-order valence-electron chi connectivity index (χ3n) is 2.28. The van der Waals surface area contributed by atoms with E-state index in [4.69, 9.17) is 9.47 Å². The summed E-state index contributed by atoms with van der Waals surface area (Å²) < 4.78 is 10.3. The van der Waals surface area contributed by atoms with Crippen molar-refractivity contribution in [3.05, 3.63) is 30.3 Å². The van der Waals surface area contributed by atoms with Gasteiger partial charge in [0.2, 0.25) is 0 Å². The Balaban J connectivity index is 2.50. The molecule has 1 amide bonds. The maximum absolute atomic E-state index is 11.7. The standard InChI is InChI=1S/C13H17NO4/c1-3-11(13(16)17-9-12(15)14-2)18-10-7-5-4-6-8-10/h4-8,11H,3,9H2,1-2H3,(H,14,15)/t11-/m1/s1. The Morgan fingerprint density at radius 1 is 1.28 bits per heavy atom. The fourth-order valence-electron chi connectivity index (χ4n) is 1.26. The van der Waals surface area contributed by atoms with Crippen LogP contribution in [0, 0.1) is 0 Å². The van der Waals surface area contributed by atoms with Gasteiger partial charge in [-0.15, -0.1) is 0 Å². The van der Waals surface area contributed by atoms with E-state index >= 15 is 0 Å². The highest BCUT2D eigenvalue weighted by Gasteiger charge is 2.20. The lowest BCUT2D eigenvalue weighted by Gasteiger charge is -2.16. The highest BCUT2D eigenvalue weighted by atomic mass is 16.6. The van der Waals surface area contributed by atoms with Gasteiger partial charge in [-0.2, -0.15) is 0 Å². The number of benzene rings is 1. The average molecular weight is 251 g/mol. The van der Waals surface area contributed by atoms with Crippen molar-refractivity contribution >= 4 is 11.9 Å². The summed E-state index contributed by atoms with van der Waals surface area (Å²) in [5, 5.41) is 2.37. The quantitative estimate of drug-likeness (QED) is 0.770. The molecule has 0 aliphatic carbocycles. The second-order valence-electron chi connectivity index (χ2n) is 3.61. The molecule has 1 rings (SSSR count). The van der Waals surface area contributed by atoms with Gasteiger partial charge in [0, 0.05) is 7.05 Å². The van der Waals surface area contributed by atoms with Crippen LogP contribution in [0.5, 0.6) is 5.75 Å². The fourth-order valence-corrected chi connectivity index (χ4v) is 1.26. The lowest BCUT2D eigenvalue weighted by atomic mass is 10.2. The monoisotopic (exact) mass is 251 g/mol. The van der Waals surface area contributed by atoms with Crippen molar-refractivity contribution in [1.82, 2.24) is 5.32 Å². The van der Waals surface area contributed by atoms with Crippen LogP contribution in [-0.2, 0) is 14.3 Å². The Morgan fingerprint density at radius 2 is 1.94 bits per heavy atom. The van der Waals surface area contributed by atoms with Crippen molar-refractivity contribution in [3.63, 3.8) is 0 Å². The van der Waals surface area contributed by atoms with Gasteiger partial charge in [0.15, 0.2) is 12.7 Å². The molecule has 98 valence electrons. The zero-order valence-electron chi connectivity index (χ0n) is 10.5. The molecule has 0 radical (unpaired) electrons. The van der Waals surface area contributed by atoms with E-state index in [1.54, 1.807) is 12.1 Å².